The molecule has 0 unspecified atom stereocenters. The topological polar surface area (TPSA) is 25.8 Å². The lowest BCUT2D eigenvalue weighted by molar-refractivity contribution is 1.05. The first-order valence-electron chi connectivity index (χ1n) is 7.26. The fraction of sp³-hybridized carbons (Fsp3) is 0.158. The highest BCUT2D eigenvalue weighted by Crippen LogP contribution is 2.24. The van der Waals surface area contributed by atoms with Gasteiger partial charge in [0.25, 0.3) is 0 Å². The number of aromatic nitrogens is 2. The highest BCUT2D eigenvalue weighted by Gasteiger charge is 2.08. The van der Waals surface area contributed by atoms with Gasteiger partial charge in [0.05, 0.1) is 17.1 Å². The summed E-state index contributed by atoms with van der Waals surface area (Å²) < 4.78 is 0. The highest BCUT2D eigenvalue weighted by atomic mass is 14.8. The van der Waals surface area contributed by atoms with Crippen LogP contribution in [0.15, 0.2) is 66.9 Å². The van der Waals surface area contributed by atoms with Gasteiger partial charge < -0.3 is 0 Å². The third-order valence-corrected chi connectivity index (χ3v) is 3.46. The van der Waals surface area contributed by atoms with Crippen molar-refractivity contribution in [2.24, 2.45) is 0 Å². The molecule has 0 N–H and O–H groups in total. The summed E-state index contributed by atoms with van der Waals surface area (Å²) >= 11 is 0. The van der Waals surface area contributed by atoms with Crippen LogP contribution in [0.1, 0.15) is 24.1 Å². The summed E-state index contributed by atoms with van der Waals surface area (Å²) in [6, 6.07) is 10.2. The number of rotatable bonds is 2. The summed E-state index contributed by atoms with van der Waals surface area (Å²) in [5, 5.41) is 0. The lowest BCUT2D eigenvalue weighted by Gasteiger charge is -2.10. The third kappa shape index (κ3) is 3.34. The average molecular weight is 274 g/mol. The van der Waals surface area contributed by atoms with E-state index in [-0.39, 0.29) is 0 Å². The van der Waals surface area contributed by atoms with E-state index in [2.05, 4.69) is 54.4 Å². The fourth-order valence-corrected chi connectivity index (χ4v) is 2.42. The summed E-state index contributed by atoms with van der Waals surface area (Å²) in [4.78, 5) is 9.21. The van der Waals surface area contributed by atoms with Gasteiger partial charge in [-0.1, -0.05) is 36.4 Å². The van der Waals surface area contributed by atoms with Crippen LogP contribution in [0.5, 0.6) is 0 Å². The summed E-state index contributed by atoms with van der Waals surface area (Å²) in [5.41, 5.74) is 5.40. The lowest BCUT2D eigenvalue weighted by Crippen LogP contribution is -1.95. The van der Waals surface area contributed by atoms with Crippen molar-refractivity contribution in [3.05, 3.63) is 78.2 Å². The maximum atomic E-state index is 4.81. The Morgan fingerprint density at radius 2 is 1.86 bits per heavy atom. The number of aryl methyl sites for hydroxylation is 1. The Morgan fingerprint density at radius 3 is 2.71 bits per heavy atom. The predicted octanol–water partition coefficient (Wildman–Crippen LogP) is 4.74. The molecule has 3 rings (SSSR count). The maximum Gasteiger partial charge on any atom is 0.0896 e. The van der Waals surface area contributed by atoms with Crippen LogP contribution in [0.3, 0.4) is 0 Å². The van der Waals surface area contributed by atoms with E-state index in [1.54, 1.807) is 0 Å². The maximum absolute atomic E-state index is 4.81. The molecule has 0 aromatic carbocycles. The van der Waals surface area contributed by atoms with E-state index in [0.717, 1.165) is 29.9 Å². The van der Waals surface area contributed by atoms with Crippen LogP contribution in [0.4, 0.5) is 0 Å². The van der Waals surface area contributed by atoms with Crippen molar-refractivity contribution >= 4 is 5.57 Å². The zero-order chi connectivity index (χ0) is 14.5. The molecule has 2 aromatic heterocycles. The monoisotopic (exact) mass is 274 g/mol. The SMILES string of the molecule is Cc1cc(/C2=C/C=C\C=C/CC2)nc(-c2ccccn2)c1. The standard InChI is InChI=1S/C19H18N2/c1-15-13-18(16-9-5-3-2-4-6-10-16)21-19(14-15)17-11-7-8-12-20-17/h2-5,7-9,11-14H,6,10H2,1H3/b4-2-,5-3-,16-9+. The second-order valence-electron chi connectivity index (χ2n) is 5.17. The van der Waals surface area contributed by atoms with E-state index in [4.69, 9.17) is 4.98 Å². The highest BCUT2D eigenvalue weighted by molar-refractivity contribution is 5.68. The van der Waals surface area contributed by atoms with E-state index in [1.807, 2.05) is 24.4 Å². The number of allylic oxidation sites excluding steroid dienone is 6. The number of nitrogens with zero attached hydrogens (tertiary/aromatic N) is 2. The molecule has 0 bridgehead atoms. The Kier molecular flexibility index (Phi) is 4.06. The molecule has 2 heterocycles. The van der Waals surface area contributed by atoms with E-state index in [0.29, 0.717) is 0 Å². The molecule has 2 aromatic rings. The molecule has 21 heavy (non-hydrogen) atoms. The zero-order valence-electron chi connectivity index (χ0n) is 12.2. The van der Waals surface area contributed by atoms with Crippen molar-refractivity contribution < 1.29 is 0 Å². The number of hydrogen-bond donors (Lipinski definition) is 0. The first kappa shape index (κ1) is 13.5. The van der Waals surface area contributed by atoms with E-state index < -0.39 is 0 Å². The molecule has 1 aliphatic rings. The van der Waals surface area contributed by atoms with Gasteiger partial charge in [-0.05, 0) is 55.2 Å². The molecule has 0 amide bonds. The van der Waals surface area contributed by atoms with Crippen molar-refractivity contribution in [1.82, 2.24) is 9.97 Å². The second-order valence-corrected chi connectivity index (χ2v) is 5.17. The molecule has 2 nitrogen and oxygen atoms in total. The van der Waals surface area contributed by atoms with Gasteiger partial charge in [0.2, 0.25) is 0 Å². The van der Waals surface area contributed by atoms with Crippen LogP contribution in [0.2, 0.25) is 0 Å². The zero-order valence-corrected chi connectivity index (χ0v) is 12.2. The van der Waals surface area contributed by atoms with E-state index >= 15 is 0 Å². The smallest absolute Gasteiger partial charge is 0.0896 e. The van der Waals surface area contributed by atoms with Gasteiger partial charge in [-0.3, -0.25) is 4.98 Å². The largest absolute Gasteiger partial charge is 0.255 e. The first-order valence-corrected chi connectivity index (χ1v) is 7.26. The van der Waals surface area contributed by atoms with Gasteiger partial charge in [-0.2, -0.15) is 0 Å². The number of pyridine rings is 2. The van der Waals surface area contributed by atoms with Crippen molar-refractivity contribution in [1.29, 1.82) is 0 Å². The molecule has 104 valence electrons. The molecule has 0 radical (unpaired) electrons. The van der Waals surface area contributed by atoms with Crippen molar-refractivity contribution in [3.8, 4) is 11.4 Å². The van der Waals surface area contributed by atoms with Gasteiger partial charge in [-0.15, -0.1) is 0 Å². The Hall–Kier alpha value is -2.48. The van der Waals surface area contributed by atoms with Crippen molar-refractivity contribution in [2.45, 2.75) is 19.8 Å². The minimum atomic E-state index is 0.921. The molecule has 2 heteroatoms. The first-order chi connectivity index (χ1) is 10.3. The normalized spacial score (nSPS) is 20.0. The van der Waals surface area contributed by atoms with E-state index in [9.17, 15) is 0 Å². The molecule has 0 saturated carbocycles. The van der Waals surface area contributed by atoms with E-state index in [1.165, 1.54) is 11.1 Å². The van der Waals surface area contributed by atoms with Gasteiger partial charge in [0.1, 0.15) is 0 Å². The summed E-state index contributed by atoms with van der Waals surface area (Å²) in [5.74, 6) is 0. The van der Waals surface area contributed by atoms with Crippen LogP contribution in [0, 0.1) is 6.92 Å². The molecule has 1 aliphatic carbocycles. The van der Waals surface area contributed by atoms with Crippen LogP contribution in [-0.2, 0) is 0 Å². The van der Waals surface area contributed by atoms with Crippen LogP contribution in [0.25, 0.3) is 17.0 Å². The third-order valence-electron chi connectivity index (χ3n) is 3.46. The van der Waals surface area contributed by atoms with Crippen LogP contribution in [-0.4, -0.2) is 9.97 Å². The molecule has 0 fully saturated rings. The Labute approximate surface area is 125 Å². The van der Waals surface area contributed by atoms with Gasteiger partial charge in [0.15, 0.2) is 0 Å². The predicted molar refractivity (Wildman–Crippen MR) is 87.7 cm³/mol. The van der Waals surface area contributed by atoms with Crippen molar-refractivity contribution in [3.63, 3.8) is 0 Å². The minimum absolute atomic E-state index is 0.921. The average Bonchev–Trinajstić information content (AvgIpc) is 2.47. The van der Waals surface area contributed by atoms with Crippen LogP contribution < -0.4 is 0 Å². The summed E-state index contributed by atoms with van der Waals surface area (Å²) in [6.07, 6.45) is 14.5. The summed E-state index contributed by atoms with van der Waals surface area (Å²) in [6.45, 7) is 2.11. The quantitative estimate of drug-likeness (QED) is 0.790. The van der Waals surface area contributed by atoms with Gasteiger partial charge >= 0.3 is 0 Å². The van der Waals surface area contributed by atoms with Gasteiger partial charge in [-0.25, -0.2) is 4.98 Å². The van der Waals surface area contributed by atoms with Crippen molar-refractivity contribution in [2.75, 3.05) is 0 Å². The molecule has 0 atom stereocenters. The molecule has 0 spiro atoms. The number of hydrogen-bond acceptors (Lipinski definition) is 2. The molecule has 0 saturated heterocycles. The second kappa shape index (κ2) is 6.31. The van der Waals surface area contributed by atoms with Crippen LogP contribution >= 0.6 is 0 Å². The lowest BCUT2D eigenvalue weighted by atomic mass is 10.0. The Balaban J connectivity index is 2.02. The Morgan fingerprint density at radius 1 is 0.952 bits per heavy atom. The fourth-order valence-electron chi connectivity index (χ4n) is 2.42. The van der Waals surface area contributed by atoms with Gasteiger partial charge in [0, 0.05) is 6.20 Å². The molecule has 0 aliphatic heterocycles. The minimum Gasteiger partial charge on any atom is -0.255 e. The molecular formula is C19H18N2. The molecular weight excluding hydrogens is 256 g/mol. The summed E-state index contributed by atoms with van der Waals surface area (Å²) in [7, 11) is 0. The Bertz CT molecular complexity index is 710.